The predicted molar refractivity (Wildman–Crippen MR) is 153 cm³/mol. The summed E-state index contributed by atoms with van der Waals surface area (Å²) in [4.78, 5) is 5.95. The SMILES string of the molecule is COc1cc(-c2csc(=NC3CCCCC3)n2/N=C(\C)c2ccc3ccccc3c2O)cc(OC)c1OC. The normalized spacial score (nSPS) is 15.2. The van der Waals surface area contributed by atoms with E-state index in [-0.39, 0.29) is 11.8 Å². The van der Waals surface area contributed by atoms with Crippen LogP contribution in [0.5, 0.6) is 23.0 Å². The predicted octanol–water partition coefficient (Wildman–Crippen LogP) is 6.61. The van der Waals surface area contributed by atoms with Gasteiger partial charge in [-0.2, -0.15) is 5.10 Å². The molecule has 1 aromatic heterocycles. The zero-order valence-corrected chi connectivity index (χ0v) is 23.0. The molecule has 0 spiro atoms. The molecule has 1 saturated carbocycles. The zero-order valence-electron chi connectivity index (χ0n) is 22.2. The summed E-state index contributed by atoms with van der Waals surface area (Å²) in [7, 11) is 4.81. The maximum absolute atomic E-state index is 11.1. The van der Waals surface area contributed by atoms with Gasteiger partial charge in [0.2, 0.25) is 10.6 Å². The average molecular weight is 532 g/mol. The molecule has 5 rings (SSSR count). The van der Waals surface area contributed by atoms with E-state index in [1.54, 1.807) is 32.7 Å². The van der Waals surface area contributed by atoms with Crippen LogP contribution in [0.15, 0.2) is 64.0 Å². The monoisotopic (exact) mass is 531 g/mol. The molecule has 0 unspecified atom stereocenters. The minimum absolute atomic E-state index is 0.222. The molecule has 3 aromatic carbocycles. The molecular weight excluding hydrogens is 498 g/mol. The summed E-state index contributed by atoms with van der Waals surface area (Å²) < 4.78 is 18.6. The van der Waals surface area contributed by atoms with Gasteiger partial charge in [-0.3, -0.25) is 4.99 Å². The first-order chi connectivity index (χ1) is 18.5. The van der Waals surface area contributed by atoms with Crippen molar-refractivity contribution >= 4 is 27.8 Å². The molecule has 7 nitrogen and oxygen atoms in total. The van der Waals surface area contributed by atoms with Gasteiger partial charge in [-0.05, 0) is 43.4 Å². The Kier molecular flexibility index (Phi) is 7.69. The van der Waals surface area contributed by atoms with Crippen LogP contribution in [-0.2, 0) is 0 Å². The molecule has 8 heteroatoms. The molecule has 1 aliphatic carbocycles. The van der Waals surface area contributed by atoms with E-state index >= 15 is 0 Å². The maximum atomic E-state index is 11.1. The Morgan fingerprint density at radius 1 is 0.947 bits per heavy atom. The number of thiazole rings is 1. The Bertz CT molecular complexity index is 1520. The van der Waals surface area contributed by atoms with E-state index in [2.05, 4.69) is 5.38 Å². The van der Waals surface area contributed by atoms with Crippen molar-refractivity contribution in [3.63, 3.8) is 0 Å². The fraction of sp³-hybridized carbons (Fsp3) is 0.333. The van der Waals surface area contributed by atoms with E-state index in [4.69, 9.17) is 24.3 Å². The van der Waals surface area contributed by atoms with Crippen molar-refractivity contribution in [2.45, 2.75) is 45.1 Å². The minimum Gasteiger partial charge on any atom is -0.507 e. The zero-order chi connectivity index (χ0) is 26.6. The molecule has 1 aliphatic rings. The van der Waals surface area contributed by atoms with Crippen LogP contribution in [0.2, 0.25) is 0 Å². The first-order valence-electron chi connectivity index (χ1n) is 12.9. The van der Waals surface area contributed by atoms with Gasteiger partial charge in [0.05, 0.1) is 38.8 Å². The molecule has 0 atom stereocenters. The van der Waals surface area contributed by atoms with Gasteiger partial charge < -0.3 is 19.3 Å². The smallest absolute Gasteiger partial charge is 0.206 e. The van der Waals surface area contributed by atoms with Crippen LogP contribution < -0.4 is 19.0 Å². The molecule has 198 valence electrons. The largest absolute Gasteiger partial charge is 0.507 e. The van der Waals surface area contributed by atoms with Crippen LogP contribution in [0.25, 0.3) is 22.0 Å². The highest BCUT2D eigenvalue weighted by molar-refractivity contribution is 7.07. The third-order valence-electron chi connectivity index (χ3n) is 7.05. The average Bonchev–Trinajstić information content (AvgIpc) is 3.34. The Morgan fingerprint density at radius 2 is 1.66 bits per heavy atom. The number of aromatic nitrogens is 1. The first-order valence-corrected chi connectivity index (χ1v) is 13.7. The second-order valence-corrected chi connectivity index (χ2v) is 10.3. The molecule has 38 heavy (non-hydrogen) atoms. The van der Waals surface area contributed by atoms with E-state index in [9.17, 15) is 5.11 Å². The van der Waals surface area contributed by atoms with Crippen LogP contribution in [0, 0.1) is 0 Å². The lowest BCUT2D eigenvalue weighted by Gasteiger charge is -2.17. The quantitative estimate of drug-likeness (QED) is 0.272. The van der Waals surface area contributed by atoms with Crippen LogP contribution in [0.1, 0.15) is 44.6 Å². The van der Waals surface area contributed by atoms with E-state index in [0.29, 0.717) is 28.5 Å². The number of hydrogen-bond acceptors (Lipinski definition) is 7. The molecule has 0 aliphatic heterocycles. The number of methoxy groups -OCH3 is 3. The Labute approximate surface area is 226 Å². The first kappa shape index (κ1) is 25.9. The van der Waals surface area contributed by atoms with E-state index in [0.717, 1.165) is 39.7 Å². The van der Waals surface area contributed by atoms with Gasteiger partial charge in [0, 0.05) is 21.9 Å². The Balaban J connectivity index is 1.69. The van der Waals surface area contributed by atoms with E-state index in [1.165, 1.54) is 19.3 Å². The van der Waals surface area contributed by atoms with Crippen molar-refractivity contribution in [2.75, 3.05) is 21.3 Å². The summed E-state index contributed by atoms with van der Waals surface area (Å²) in [5.41, 5.74) is 3.08. The van der Waals surface area contributed by atoms with Crippen LogP contribution >= 0.6 is 11.3 Å². The number of phenolic OH excluding ortho intramolecular Hbond substituents is 1. The summed E-state index contributed by atoms with van der Waals surface area (Å²) in [6, 6.07) is 15.8. The molecule has 0 amide bonds. The fourth-order valence-electron chi connectivity index (χ4n) is 5.03. The van der Waals surface area contributed by atoms with Crippen molar-refractivity contribution < 1.29 is 19.3 Å². The Hall–Kier alpha value is -3.78. The highest BCUT2D eigenvalue weighted by atomic mass is 32.1. The van der Waals surface area contributed by atoms with Crippen molar-refractivity contribution in [1.29, 1.82) is 0 Å². The Morgan fingerprint density at radius 3 is 2.34 bits per heavy atom. The molecule has 0 radical (unpaired) electrons. The number of aromatic hydroxyl groups is 1. The second-order valence-electron chi connectivity index (χ2n) is 9.42. The van der Waals surface area contributed by atoms with Crippen molar-refractivity contribution in [3.8, 4) is 34.3 Å². The van der Waals surface area contributed by atoms with Crippen molar-refractivity contribution in [1.82, 2.24) is 4.68 Å². The van der Waals surface area contributed by atoms with Gasteiger partial charge in [0.25, 0.3) is 0 Å². The number of phenols is 1. The molecule has 4 aromatic rings. The number of benzene rings is 3. The fourth-order valence-corrected chi connectivity index (χ4v) is 5.93. The summed E-state index contributed by atoms with van der Waals surface area (Å²) >= 11 is 1.56. The second kappa shape index (κ2) is 11.3. The molecule has 0 bridgehead atoms. The van der Waals surface area contributed by atoms with Crippen molar-refractivity contribution in [3.05, 3.63) is 64.3 Å². The van der Waals surface area contributed by atoms with Gasteiger partial charge in [0.15, 0.2) is 11.5 Å². The van der Waals surface area contributed by atoms with Gasteiger partial charge in [0.1, 0.15) is 5.75 Å². The molecule has 0 saturated heterocycles. The molecule has 1 fully saturated rings. The van der Waals surface area contributed by atoms with Gasteiger partial charge in [-0.15, -0.1) is 11.3 Å². The lowest BCUT2D eigenvalue weighted by Crippen LogP contribution is -2.19. The number of nitrogens with zero attached hydrogens (tertiary/aromatic N) is 3. The van der Waals surface area contributed by atoms with E-state index in [1.807, 2.05) is 60.1 Å². The topological polar surface area (TPSA) is 77.6 Å². The van der Waals surface area contributed by atoms with Crippen LogP contribution in [-0.4, -0.2) is 42.9 Å². The molecular formula is C30H33N3O4S. The van der Waals surface area contributed by atoms with Gasteiger partial charge >= 0.3 is 0 Å². The summed E-state index contributed by atoms with van der Waals surface area (Å²) in [6.07, 6.45) is 5.85. The maximum Gasteiger partial charge on any atom is 0.206 e. The summed E-state index contributed by atoms with van der Waals surface area (Å²) in [6.45, 7) is 1.91. The van der Waals surface area contributed by atoms with Gasteiger partial charge in [-0.25, -0.2) is 4.68 Å². The van der Waals surface area contributed by atoms with Gasteiger partial charge in [-0.1, -0.05) is 49.6 Å². The highest BCUT2D eigenvalue weighted by Crippen LogP contribution is 2.41. The molecule has 1 heterocycles. The summed E-state index contributed by atoms with van der Waals surface area (Å²) in [5, 5.41) is 20.0. The van der Waals surface area contributed by atoms with Crippen LogP contribution in [0.3, 0.4) is 0 Å². The number of rotatable bonds is 7. The highest BCUT2D eigenvalue weighted by Gasteiger charge is 2.19. The third-order valence-corrected chi connectivity index (χ3v) is 7.88. The number of ether oxygens (including phenoxy) is 3. The lowest BCUT2D eigenvalue weighted by molar-refractivity contribution is 0.324. The summed E-state index contributed by atoms with van der Waals surface area (Å²) in [5.74, 6) is 1.89. The number of fused-ring (bicyclic) bond motifs is 1. The minimum atomic E-state index is 0.222. The third kappa shape index (κ3) is 5.00. The number of hydrogen-bond donors (Lipinski definition) is 1. The van der Waals surface area contributed by atoms with Crippen LogP contribution in [0.4, 0.5) is 0 Å². The van der Waals surface area contributed by atoms with E-state index < -0.39 is 0 Å². The van der Waals surface area contributed by atoms with Crippen molar-refractivity contribution in [2.24, 2.45) is 10.1 Å². The molecule has 1 N–H and O–H groups in total. The lowest BCUT2D eigenvalue weighted by atomic mass is 9.96. The standard InChI is InChI=1S/C30H33N3O4S/c1-19(23-15-14-20-10-8-9-13-24(20)28(23)34)32-33-25(18-38-30(33)31-22-11-6-5-7-12-22)21-16-26(35-2)29(37-4)27(17-21)36-3/h8-10,13-18,22,34H,5-7,11-12H2,1-4H3/b31-30?,32-19+.